The Bertz CT molecular complexity index is 1170. The first kappa shape index (κ1) is 18.7. The van der Waals surface area contributed by atoms with Crippen molar-refractivity contribution >= 4 is 10.9 Å². The fourth-order valence-electron chi connectivity index (χ4n) is 3.16. The molecule has 29 heavy (non-hydrogen) atoms. The molecule has 146 valence electrons. The average molecular weight is 386 g/mol. The second-order valence-electron chi connectivity index (χ2n) is 6.79. The Kier molecular flexibility index (Phi) is 5.56. The van der Waals surface area contributed by atoms with Crippen LogP contribution in [-0.2, 0) is 13.0 Å². The van der Waals surface area contributed by atoms with Gasteiger partial charge in [-0.1, -0.05) is 24.3 Å². The van der Waals surface area contributed by atoms with Gasteiger partial charge in [0.05, 0.1) is 12.3 Å². The van der Waals surface area contributed by atoms with Gasteiger partial charge in [0.1, 0.15) is 18.1 Å². The van der Waals surface area contributed by atoms with Crippen molar-refractivity contribution in [3.05, 3.63) is 100 Å². The smallest absolute Gasteiger partial charge is 0.192 e. The molecule has 5 nitrogen and oxygen atoms in total. The molecule has 0 saturated carbocycles. The quantitative estimate of drug-likeness (QED) is 0.510. The van der Waals surface area contributed by atoms with E-state index in [2.05, 4.69) is 9.97 Å². The van der Waals surface area contributed by atoms with E-state index in [1.165, 1.54) is 0 Å². The predicted octanol–water partition coefficient (Wildman–Crippen LogP) is 4.43. The molecule has 0 aliphatic carbocycles. The summed E-state index contributed by atoms with van der Waals surface area (Å²) in [5, 5.41) is 0.692. The van der Waals surface area contributed by atoms with Gasteiger partial charge >= 0.3 is 0 Å². The van der Waals surface area contributed by atoms with Crippen molar-refractivity contribution in [2.45, 2.75) is 20.0 Å². The Labute approximate surface area is 169 Å². The van der Waals surface area contributed by atoms with E-state index in [9.17, 15) is 4.79 Å². The highest BCUT2D eigenvalue weighted by molar-refractivity contribution is 5.79. The fourth-order valence-corrected chi connectivity index (χ4v) is 3.16. The number of nitrogens with one attached hydrogen (secondary N) is 1. The molecule has 0 fully saturated rings. The molecule has 0 radical (unpaired) electrons. The molecule has 2 aromatic carbocycles. The maximum absolute atomic E-state index is 12.5. The van der Waals surface area contributed by atoms with Gasteiger partial charge in [0.2, 0.25) is 0 Å². The van der Waals surface area contributed by atoms with Crippen LogP contribution in [-0.4, -0.2) is 16.6 Å². The first-order chi connectivity index (χ1) is 14.2. The van der Waals surface area contributed by atoms with Crippen molar-refractivity contribution in [1.82, 2.24) is 9.97 Å². The number of ether oxygens (including phenoxy) is 2. The molecule has 0 saturated heterocycles. The third-order valence-electron chi connectivity index (χ3n) is 4.79. The van der Waals surface area contributed by atoms with Gasteiger partial charge in [-0.25, -0.2) is 0 Å². The lowest BCUT2D eigenvalue weighted by atomic mass is 10.1. The second kappa shape index (κ2) is 8.61. The number of fused-ring (bicyclic) bond motifs is 1. The minimum absolute atomic E-state index is 0.0320. The van der Waals surface area contributed by atoms with Crippen LogP contribution in [0.3, 0.4) is 0 Å². The Morgan fingerprint density at radius 3 is 2.55 bits per heavy atom. The molecular weight excluding hydrogens is 364 g/mol. The second-order valence-corrected chi connectivity index (χ2v) is 6.79. The van der Waals surface area contributed by atoms with Gasteiger partial charge in [-0.3, -0.25) is 9.78 Å². The van der Waals surface area contributed by atoms with Crippen molar-refractivity contribution in [2.75, 3.05) is 6.61 Å². The van der Waals surface area contributed by atoms with Gasteiger partial charge in [-0.05, 0) is 43.3 Å². The molecule has 0 unspecified atom stereocenters. The summed E-state index contributed by atoms with van der Waals surface area (Å²) in [5.41, 5.74) is 3.29. The number of aromatic nitrogens is 2. The Balaban J connectivity index is 1.41. The zero-order valence-electron chi connectivity index (χ0n) is 16.2. The number of hydrogen-bond donors (Lipinski definition) is 1. The molecule has 4 aromatic rings. The normalized spacial score (nSPS) is 10.8. The first-order valence-electron chi connectivity index (χ1n) is 9.57. The number of H-pyrrole nitrogens is 1. The number of rotatable bonds is 7. The lowest BCUT2D eigenvalue weighted by Crippen LogP contribution is -2.13. The zero-order valence-corrected chi connectivity index (χ0v) is 16.2. The molecule has 0 amide bonds. The van der Waals surface area contributed by atoms with Crippen LogP contribution in [0.15, 0.2) is 77.7 Å². The highest BCUT2D eigenvalue weighted by atomic mass is 16.5. The van der Waals surface area contributed by atoms with Crippen LogP contribution in [0.2, 0.25) is 0 Å². The standard InChI is InChI=1S/C24H22N2O3/c1-17-23(26-22-11-3-2-10-21(22)24(17)27)16-29-20-9-6-8-19(15-20)28-14-12-18-7-4-5-13-25-18/h2-11,13,15H,12,14,16H2,1H3,(H,26,27). The number of para-hydroxylation sites is 1. The molecular formula is C24H22N2O3. The van der Waals surface area contributed by atoms with Crippen LogP contribution in [0.25, 0.3) is 10.9 Å². The van der Waals surface area contributed by atoms with Gasteiger partial charge in [0.15, 0.2) is 5.43 Å². The summed E-state index contributed by atoms with van der Waals surface area (Å²) in [6.45, 7) is 2.64. The molecule has 0 atom stereocenters. The number of pyridine rings is 2. The Hall–Kier alpha value is -3.60. The molecule has 5 heteroatoms. The lowest BCUT2D eigenvalue weighted by Gasteiger charge is -2.12. The summed E-state index contributed by atoms with van der Waals surface area (Å²) >= 11 is 0. The van der Waals surface area contributed by atoms with E-state index >= 15 is 0 Å². The van der Waals surface area contributed by atoms with Crippen molar-refractivity contribution in [3.8, 4) is 11.5 Å². The van der Waals surface area contributed by atoms with E-state index < -0.39 is 0 Å². The number of aromatic amines is 1. The maximum Gasteiger partial charge on any atom is 0.192 e. The number of hydrogen-bond acceptors (Lipinski definition) is 4. The zero-order chi connectivity index (χ0) is 20.1. The highest BCUT2D eigenvalue weighted by Gasteiger charge is 2.09. The van der Waals surface area contributed by atoms with Crippen molar-refractivity contribution in [2.24, 2.45) is 0 Å². The van der Waals surface area contributed by atoms with Gasteiger partial charge in [0.25, 0.3) is 0 Å². The maximum atomic E-state index is 12.5. The predicted molar refractivity (Wildman–Crippen MR) is 114 cm³/mol. The fraction of sp³-hybridized carbons (Fsp3) is 0.167. The summed E-state index contributed by atoms with van der Waals surface area (Å²) in [6, 6.07) is 20.9. The van der Waals surface area contributed by atoms with Gasteiger partial charge in [-0.15, -0.1) is 0 Å². The topological polar surface area (TPSA) is 64.2 Å². The summed E-state index contributed by atoms with van der Waals surface area (Å²) in [5.74, 6) is 1.43. The van der Waals surface area contributed by atoms with E-state index in [1.807, 2.05) is 73.7 Å². The Morgan fingerprint density at radius 2 is 1.72 bits per heavy atom. The van der Waals surface area contributed by atoms with Gasteiger partial charge in [-0.2, -0.15) is 0 Å². The van der Waals surface area contributed by atoms with E-state index in [1.54, 1.807) is 6.20 Å². The summed E-state index contributed by atoms with van der Waals surface area (Å²) in [6.07, 6.45) is 2.52. The molecule has 0 aliphatic rings. The minimum Gasteiger partial charge on any atom is -0.493 e. The van der Waals surface area contributed by atoms with Gasteiger partial charge < -0.3 is 14.5 Å². The van der Waals surface area contributed by atoms with Crippen molar-refractivity contribution < 1.29 is 9.47 Å². The van der Waals surface area contributed by atoms with Crippen LogP contribution in [0.4, 0.5) is 0 Å². The summed E-state index contributed by atoms with van der Waals surface area (Å²) < 4.78 is 11.7. The van der Waals surface area contributed by atoms with Crippen LogP contribution in [0, 0.1) is 6.92 Å². The van der Waals surface area contributed by atoms with Crippen LogP contribution in [0.1, 0.15) is 17.0 Å². The monoisotopic (exact) mass is 386 g/mol. The number of benzene rings is 2. The molecule has 0 spiro atoms. The van der Waals surface area contributed by atoms with Crippen molar-refractivity contribution in [1.29, 1.82) is 0 Å². The molecule has 1 N–H and O–H groups in total. The van der Waals surface area contributed by atoms with Gasteiger partial charge in [0, 0.05) is 40.8 Å². The van der Waals surface area contributed by atoms with E-state index in [0.29, 0.717) is 23.3 Å². The molecule has 0 bridgehead atoms. The minimum atomic E-state index is 0.0320. The summed E-state index contributed by atoms with van der Waals surface area (Å²) in [7, 11) is 0. The lowest BCUT2D eigenvalue weighted by molar-refractivity contribution is 0.292. The van der Waals surface area contributed by atoms with E-state index in [-0.39, 0.29) is 12.0 Å². The SMILES string of the molecule is Cc1c(COc2cccc(OCCc3ccccn3)c2)[nH]c2ccccc2c1=O. The molecule has 2 aromatic heterocycles. The molecule has 0 aliphatic heterocycles. The van der Waals surface area contributed by atoms with Crippen molar-refractivity contribution in [3.63, 3.8) is 0 Å². The first-order valence-corrected chi connectivity index (χ1v) is 9.57. The Morgan fingerprint density at radius 1 is 0.931 bits per heavy atom. The van der Waals surface area contributed by atoms with E-state index in [4.69, 9.17) is 9.47 Å². The summed E-state index contributed by atoms with van der Waals surface area (Å²) in [4.78, 5) is 20.2. The largest absolute Gasteiger partial charge is 0.493 e. The van der Waals surface area contributed by atoms with Crippen LogP contribution < -0.4 is 14.9 Å². The van der Waals surface area contributed by atoms with Crippen LogP contribution in [0.5, 0.6) is 11.5 Å². The van der Waals surface area contributed by atoms with E-state index in [0.717, 1.165) is 29.1 Å². The highest BCUT2D eigenvalue weighted by Crippen LogP contribution is 2.21. The molecule has 2 heterocycles. The number of nitrogens with zero attached hydrogens (tertiary/aromatic N) is 1. The molecule has 4 rings (SSSR count). The average Bonchev–Trinajstić information content (AvgIpc) is 2.76. The third-order valence-corrected chi connectivity index (χ3v) is 4.79. The van der Waals surface area contributed by atoms with Crippen LogP contribution >= 0.6 is 0 Å². The third kappa shape index (κ3) is 4.46.